The molecule has 0 spiro atoms. The number of nitrogens with one attached hydrogen (secondary N) is 1. The largest absolute Gasteiger partial charge is 0.573 e. The van der Waals surface area contributed by atoms with E-state index in [1.54, 1.807) is 0 Å². The second kappa shape index (κ2) is 14.3. The van der Waals surface area contributed by atoms with Crippen molar-refractivity contribution < 1.29 is 32.3 Å². The first-order chi connectivity index (χ1) is 15.4. The molecule has 0 aliphatic heterocycles. The highest BCUT2D eigenvalue weighted by atomic mass is 32.1. The van der Waals surface area contributed by atoms with E-state index in [1.165, 1.54) is 31.1 Å². The first-order valence-electron chi connectivity index (χ1n) is 10.1. The molecule has 3 N–H and O–H groups in total. The van der Waals surface area contributed by atoms with Gasteiger partial charge in [0.25, 0.3) is 0 Å². The molecule has 0 saturated heterocycles. The molecule has 33 heavy (non-hydrogen) atoms. The van der Waals surface area contributed by atoms with Crippen LogP contribution in [0.4, 0.5) is 18.3 Å². The van der Waals surface area contributed by atoms with Crippen LogP contribution in [0.25, 0.3) is 10.2 Å². The second-order valence-corrected chi connectivity index (χ2v) is 7.16. The van der Waals surface area contributed by atoms with E-state index in [9.17, 15) is 27.6 Å². The number of amides is 3. The summed E-state index contributed by atoms with van der Waals surface area (Å²) in [5.41, 5.74) is 5.43. The van der Waals surface area contributed by atoms with Crippen LogP contribution in [0.3, 0.4) is 0 Å². The maximum atomic E-state index is 12.3. The Kier molecular flexibility index (Phi) is 13.0. The molecule has 0 bridgehead atoms. The third kappa shape index (κ3) is 11.5. The second-order valence-electron chi connectivity index (χ2n) is 6.13. The molecule has 13 heteroatoms. The lowest BCUT2D eigenvalue weighted by atomic mass is 10.3. The van der Waals surface area contributed by atoms with Gasteiger partial charge in [0.2, 0.25) is 17.7 Å². The molecule has 1 aromatic carbocycles. The van der Waals surface area contributed by atoms with Crippen LogP contribution in [0.15, 0.2) is 18.2 Å². The Hall–Kier alpha value is -2.93. The molecule has 3 amide bonds. The standard InChI is InChI=1S/C16H18F3N5O4S.2C2H6/c1-23(6-12(20)25)8-14(27)24(2)7-13(26)22-15-21-10-4-3-9(5-11(10)29-15)28-16(17,18)19;2*1-2/h3-5H,6-8H2,1-2H3,(H2,20,25)(H,21,22,26);2*1-2H3. The predicted octanol–water partition coefficient (Wildman–Crippen LogP) is 3.06. The number of anilines is 1. The van der Waals surface area contributed by atoms with E-state index in [4.69, 9.17) is 5.73 Å². The van der Waals surface area contributed by atoms with Crippen molar-refractivity contribution in [2.24, 2.45) is 5.73 Å². The zero-order valence-electron chi connectivity index (χ0n) is 19.4. The Labute approximate surface area is 194 Å². The molecule has 0 radical (unpaired) electrons. The van der Waals surface area contributed by atoms with Crippen LogP contribution in [-0.4, -0.2) is 72.6 Å². The number of halogens is 3. The average molecular weight is 494 g/mol. The number of hydrogen-bond donors (Lipinski definition) is 2. The number of nitrogens with zero attached hydrogens (tertiary/aromatic N) is 3. The van der Waals surface area contributed by atoms with Crippen LogP contribution in [-0.2, 0) is 14.4 Å². The van der Waals surface area contributed by atoms with Crippen molar-refractivity contribution in [3.63, 3.8) is 0 Å². The SMILES string of the molecule is CC.CC.CN(CC(N)=O)CC(=O)N(C)CC(=O)Nc1nc2ccc(OC(F)(F)F)cc2s1. The first kappa shape index (κ1) is 30.1. The van der Waals surface area contributed by atoms with Gasteiger partial charge >= 0.3 is 6.36 Å². The number of hydrogen-bond acceptors (Lipinski definition) is 7. The molecule has 1 aromatic heterocycles. The smallest absolute Gasteiger partial charge is 0.406 e. The molecule has 186 valence electrons. The number of nitrogens with two attached hydrogens (primary N) is 1. The van der Waals surface area contributed by atoms with E-state index in [0.717, 1.165) is 22.3 Å². The summed E-state index contributed by atoms with van der Waals surface area (Å²) in [7, 11) is 2.95. The van der Waals surface area contributed by atoms with Gasteiger partial charge in [-0.05, 0) is 19.2 Å². The minimum atomic E-state index is -4.81. The first-order valence-corrected chi connectivity index (χ1v) is 10.9. The van der Waals surface area contributed by atoms with Gasteiger partial charge in [0, 0.05) is 13.1 Å². The topological polar surface area (TPSA) is 118 Å². The van der Waals surface area contributed by atoms with E-state index in [1.807, 2.05) is 27.7 Å². The van der Waals surface area contributed by atoms with Crippen molar-refractivity contribution in [2.75, 3.05) is 39.0 Å². The lowest BCUT2D eigenvalue weighted by Crippen LogP contribution is -2.42. The minimum absolute atomic E-state index is 0.0997. The number of likely N-dealkylation sites (N-methyl/N-ethyl adjacent to an activating group) is 2. The van der Waals surface area contributed by atoms with Crippen LogP contribution in [0.1, 0.15) is 27.7 Å². The molecular weight excluding hydrogens is 463 g/mol. The predicted molar refractivity (Wildman–Crippen MR) is 122 cm³/mol. The molecule has 0 saturated carbocycles. The molecule has 9 nitrogen and oxygen atoms in total. The van der Waals surface area contributed by atoms with Crippen molar-refractivity contribution in [1.82, 2.24) is 14.8 Å². The Morgan fingerprint density at radius 3 is 2.24 bits per heavy atom. The van der Waals surface area contributed by atoms with Crippen LogP contribution in [0.2, 0.25) is 0 Å². The maximum absolute atomic E-state index is 12.3. The fourth-order valence-corrected chi connectivity index (χ4v) is 3.20. The lowest BCUT2D eigenvalue weighted by Gasteiger charge is -2.20. The highest BCUT2D eigenvalue weighted by Crippen LogP contribution is 2.31. The van der Waals surface area contributed by atoms with E-state index in [0.29, 0.717) is 10.2 Å². The van der Waals surface area contributed by atoms with Crippen molar-refractivity contribution in [1.29, 1.82) is 0 Å². The highest BCUT2D eigenvalue weighted by molar-refractivity contribution is 7.22. The number of carbonyl (C=O) groups excluding carboxylic acids is 3. The summed E-state index contributed by atoms with van der Waals surface area (Å²) >= 11 is 0.965. The number of alkyl halides is 3. The molecule has 2 rings (SSSR count). The molecule has 0 aliphatic carbocycles. The summed E-state index contributed by atoms with van der Waals surface area (Å²) in [4.78, 5) is 41.7. The van der Waals surface area contributed by atoms with Gasteiger partial charge < -0.3 is 20.7 Å². The number of thiazole rings is 1. The van der Waals surface area contributed by atoms with E-state index >= 15 is 0 Å². The lowest BCUT2D eigenvalue weighted by molar-refractivity contribution is -0.274. The number of ether oxygens (including phenoxy) is 1. The Morgan fingerprint density at radius 2 is 1.70 bits per heavy atom. The third-order valence-corrected chi connectivity index (χ3v) is 4.41. The summed E-state index contributed by atoms with van der Waals surface area (Å²) in [6, 6.07) is 3.63. The van der Waals surface area contributed by atoms with Gasteiger partial charge in [0.15, 0.2) is 5.13 Å². The Morgan fingerprint density at radius 1 is 1.09 bits per heavy atom. The number of benzene rings is 1. The third-order valence-electron chi connectivity index (χ3n) is 3.48. The van der Waals surface area contributed by atoms with Crippen LogP contribution in [0, 0.1) is 0 Å². The summed E-state index contributed by atoms with van der Waals surface area (Å²) in [5, 5.41) is 2.66. The zero-order chi connectivity index (χ0) is 25.8. The monoisotopic (exact) mass is 493 g/mol. The van der Waals surface area contributed by atoms with Gasteiger partial charge in [0.05, 0.1) is 29.9 Å². The van der Waals surface area contributed by atoms with Gasteiger partial charge in [-0.2, -0.15) is 0 Å². The summed E-state index contributed by atoms with van der Waals surface area (Å²) in [5.74, 6) is -1.91. The van der Waals surface area contributed by atoms with E-state index in [2.05, 4.69) is 15.0 Å². The Balaban J connectivity index is 0.00000242. The van der Waals surface area contributed by atoms with E-state index in [-0.39, 0.29) is 24.8 Å². The quantitative estimate of drug-likeness (QED) is 0.584. The van der Waals surface area contributed by atoms with Crippen LogP contribution in [0.5, 0.6) is 5.75 Å². The van der Waals surface area contributed by atoms with Crippen molar-refractivity contribution in [3.8, 4) is 5.75 Å². The van der Waals surface area contributed by atoms with Crippen molar-refractivity contribution >= 4 is 44.4 Å². The Bertz CT molecular complexity index is 921. The van der Waals surface area contributed by atoms with Crippen LogP contribution < -0.4 is 15.8 Å². The van der Waals surface area contributed by atoms with Gasteiger partial charge in [-0.3, -0.25) is 19.3 Å². The number of fused-ring (bicyclic) bond motifs is 1. The molecule has 2 aromatic rings. The molecule has 0 unspecified atom stereocenters. The minimum Gasteiger partial charge on any atom is -0.406 e. The number of rotatable bonds is 8. The summed E-state index contributed by atoms with van der Waals surface area (Å²) in [6.45, 7) is 7.52. The van der Waals surface area contributed by atoms with Crippen molar-refractivity contribution in [2.45, 2.75) is 34.1 Å². The normalized spacial score (nSPS) is 10.5. The molecule has 0 aliphatic rings. The van der Waals surface area contributed by atoms with Gasteiger partial charge in [-0.15, -0.1) is 13.2 Å². The van der Waals surface area contributed by atoms with Crippen LogP contribution >= 0.6 is 11.3 Å². The fourth-order valence-electron chi connectivity index (χ4n) is 2.29. The molecule has 1 heterocycles. The summed E-state index contributed by atoms with van der Waals surface area (Å²) < 4.78 is 41.1. The summed E-state index contributed by atoms with van der Waals surface area (Å²) in [6.07, 6.45) is -4.81. The fraction of sp³-hybridized carbons (Fsp3) is 0.500. The van der Waals surface area contributed by atoms with Gasteiger partial charge in [-0.25, -0.2) is 4.98 Å². The number of aromatic nitrogens is 1. The molecular formula is C20H30F3N5O4S. The van der Waals surface area contributed by atoms with Gasteiger partial charge in [0.1, 0.15) is 5.75 Å². The maximum Gasteiger partial charge on any atom is 0.573 e. The number of carbonyl (C=O) groups is 3. The zero-order valence-corrected chi connectivity index (χ0v) is 20.3. The van der Waals surface area contributed by atoms with Crippen molar-refractivity contribution in [3.05, 3.63) is 18.2 Å². The number of primary amides is 1. The highest BCUT2D eigenvalue weighted by Gasteiger charge is 2.31. The molecule has 0 fully saturated rings. The van der Waals surface area contributed by atoms with Gasteiger partial charge in [-0.1, -0.05) is 39.0 Å². The molecule has 0 atom stereocenters. The average Bonchev–Trinajstić information content (AvgIpc) is 3.10. The van der Waals surface area contributed by atoms with E-state index < -0.39 is 29.8 Å².